The molecular formula is C24H22N2O2. The van der Waals surface area contributed by atoms with Gasteiger partial charge in [-0.3, -0.25) is 0 Å². The number of methoxy groups -OCH3 is 2. The molecule has 4 aromatic rings. The minimum Gasteiger partial charge on any atom is -0.497 e. The van der Waals surface area contributed by atoms with Gasteiger partial charge < -0.3 is 14.4 Å². The van der Waals surface area contributed by atoms with Gasteiger partial charge in [-0.1, -0.05) is 18.2 Å². The summed E-state index contributed by atoms with van der Waals surface area (Å²) in [4.78, 5) is 7.32. The van der Waals surface area contributed by atoms with Crippen LogP contribution >= 0.6 is 0 Å². The van der Waals surface area contributed by atoms with E-state index in [0.29, 0.717) is 0 Å². The zero-order chi connectivity index (χ0) is 19.1. The molecule has 0 N–H and O–H groups in total. The number of rotatable bonds is 3. The van der Waals surface area contributed by atoms with Crippen LogP contribution in [0.2, 0.25) is 0 Å². The van der Waals surface area contributed by atoms with Gasteiger partial charge in [-0.25, -0.2) is 4.98 Å². The molecule has 2 heterocycles. The summed E-state index contributed by atoms with van der Waals surface area (Å²) in [5.74, 6) is 1.75. The van der Waals surface area contributed by atoms with Gasteiger partial charge in [0.15, 0.2) is 0 Å². The Labute approximate surface area is 164 Å². The van der Waals surface area contributed by atoms with E-state index in [1.807, 2.05) is 24.3 Å². The first-order chi connectivity index (χ1) is 13.8. The van der Waals surface area contributed by atoms with Gasteiger partial charge in [0.25, 0.3) is 0 Å². The van der Waals surface area contributed by atoms with E-state index < -0.39 is 0 Å². The van der Waals surface area contributed by atoms with Crippen LogP contribution in [0.3, 0.4) is 0 Å². The van der Waals surface area contributed by atoms with Crippen molar-refractivity contribution in [3.05, 3.63) is 66.2 Å². The number of aromatic nitrogens is 1. The topological polar surface area (TPSA) is 34.6 Å². The normalized spacial score (nSPS) is 13.6. The van der Waals surface area contributed by atoms with Crippen LogP contribution in [0.5, 0.6) is 11.5 Å². The quantitative estimate of drug-likeness (QED) is 0.447. The summed E-state index contributed by atoms with van der Waals surface area (Å²) in [6.07, 6.45) is 2.16. The van der Waals surface area contributed by atoms with Gasteiger partial charge in [0.2, 0.25) is 0 Å². The molecule has 0 atom stereocenters. The Bertz CT molecular complexity index is 1190. The van der Waals surface area contributed by atoms with Crippen LogP contribution in [-0.4, -0.2) is 25.7 Å². The molecule has 0 radical (unpaired) electrons. The number of hydrogen-bond acceptors (Lipinski definition) is 4. The van der Waals surface area contributed by atoms with Gasteiger partial charge in [0.1, 0.15) is 11.5 Å². The lowest BCUT2D eigenvalue weighted by Gasteiger charge is -2.33. The van der Waals surface area contributed by atoms with Crippen molar-refractivity contribution in [2.45, 2.75) is 12.8 Å². The fourth-order valence-electron chi connectivity index (χ4n) is 4.20. The van der Waals surface area contributed by atoms with Crippen molar-refractivity contribution in [3.8, 4) is 11.5 Å². The maximum atomic E-state index is 5.51. The third-order valence-electron chi connectivity index (χ3n) is 5.53. The number of anilines is 2. The second-order valence-corrected chi connectivity index (χ2v) is 7.11. The van der Waals surface area contributed by atoms with Crippen LogP contribution < -0.4 is 14.4 Å². The maximum absolute atomic E-state index is 5.51. The van der Waals surface area contributed by atoms with E-state index in [-0.39, 0.29) is 0 Å². The Balaban J connectivity index is 1.82. The van der Waals surface area contributed by atoms with E-state index in [0.717, 1.165) is 52.7 Å². The number of fused-ring (bicyclic) bond motifs is 3. The highest BCUT2D eigenvalue weighted by Crippen LogP contribution is 2.42. The number of nitrogens with zero attached hydrogens (tertiary/aromatic N) is 2. The Hall–Kier alpha value is -3.27. The number of pyridine rings is 1. The van der Waals surface area contributed by atoms with Crippen molar-refractivity contribution in [1.29, 1.82) is 0 Å². The zero-order valence-electron chi connectivity index (χ0n) is 16.1. The molecule has 5 rings (SSSR count). The molecule has 1 aliphatic rings. The Morgan fingerprint density at radius 1 is 0.821 bits per heavy atom. The number of ether oxygens (including phenoxy) is 2. The number of hydrogen-bond donors (Lipinski definition) is 0. The van der Waals surface area contributed by atoms with E-state index in [1.54, 1.807) is 14.2 Å². The first-order valence-electron chi connectivity index (χ1n) is 9.59. The van der Waals surface area contributed by atoms with Crippen LogP contribution in [0.4, 0.5) is 11.4 Å². The molecule has 140 valence electrons. The van der Waals surface area contributed by atoms with Crippen LogP contribution in [0.15, 0.2) is 60.7 Å². The third-order valence-corrected chi connectivity index (χ3v) is 5.53. The Morgan fingerprint density at radius 3 is 2.43 bits per heavy atom. The first kappa shape index (κ1) is 16.9. The molecule has 4 heteroatoms. The molecule has 0 saturated heterocycles. The fourth-order valence-corrected chi connectivity index (χ4v) is 4.20. The number of benzene rings is 3. The van der Waals surface area contributed by atoms with Gasteiger partial charge in [0.05, 0.1) is 30.9 Å². The summed E-state index contributed by atoms with van der Waals surface area (Å²) in [6, 6.07) is 20.9. The molecular weight excluding hydrogens is 348 g/mol. The van der Waals surface area contributed by atoms with Crippen molar-refractivity contribution in [3.63, 3.8) is 0 Å². The minimum atomic E-state index is 0.845. The van der Waals surface area contributed by atoms with Crippen LogP contribution in [0.25, 0.3) is 21.8 Å². The van der Waals surface area contributed by atoms with E-state index in [2.05, 4.69) is 41.3 Å². The second-order valence-electron chi connectivity index (χ2n) is 7.11. The molecule has 0 unspecified atom stereocenters. The van der Waals surface area contributed by atoms with Gasteiger partial charge >= 0.3 is 0 Å². The first-order valence-corrected chi connectivity index (χ1v) is 9.59. The van der Waals surface area contributed by atoms with Crippen LogP contribution in [0, 0.1) is 0 Å². The lowest BCUT2D eigenvalue weighted by atomic mass is 9.98. The molecule has 0 spiro atoms. The summed E-state index contributed by atoms with van der Waals surface area (Å²) >= 11 is 0. The number of aryl methyl sites for hydroxylation is 1. The minimum absolute atomic E-state index is 0.845. The Kier molecular flexibility index (Phi) is 4.05. The van der Waals surface area contributed by atoms with Crippen LogP contribution in [-0.2, 0) is 6.42 Å². The highest BCUT2D eigenvalue weighted by atomic mass is 16.5. The molecule has 0 fully saturated rings. The summed E-state index contributed by atoms with van der Waals surface area (Å²) in [6.45, 7) is 0.972. The smallest absolute Gasteiger partial charge is 0.119 e. The van der Waals surface area contributed by atoms with Gasteiger partial charge in [-0.2, -0.15) is 0 Å². The molecule has 1 aliphatic heterocycles. The van der Waals surface area contributed by atoms with Crippen molar-refractivity contribution >= 4 is 33.2 Å². The zero-order valence-corrected chi connectivity index (χ0v) is 16.1. The molecule has 3 aromatic carbocycles. The summed E-state index contributed by atoms with van der Waals surface area (Å²) in [7, 11) is 3.43. The predicted octanol–water partition coefficient (Wildman–Crippen LogP) is 5.49. The molecule has 4 nitrogen and oxygen atoms in total. The summed E-state index contributed by atoms with van der Waals surface area (Å²) in [5, 5.41) is 2.27. The van der Waals surface area contributed by atoms with E-state index >= 15 is 0 Å². The second kappa shape index (κ2) is 6.71. The number of para-hydroxylation sites is 1. The standard InChI is InChI=1S/C24H22N2O2/c1-27-17-10-12-23-16(14-17)6-5-13-26(23)24-19-7-3-4-8-21(19)25-22-11-9-18(28-2)15-20(22)24/h3-4,7-12,14-15H,5-6,13H2,1-2H3. The molecule has 0 bridgehead atoms. The van der Waals surface area contributed by atoms with Gasteiger partial charge in [0, 0.05) is 23.0 Å². The lowest BCUT2D eigenvalue weighted by molar-refractivity contribution is 0.414. The monoisotopic (exact) mass is 370 g/mol. The molecule has 28 heavy (non-hydrogen) atoms. The van der Waals surface area contributed by atoms with Crippen molar-refractivity contribution in [1.82, 2.24) is 4.98 Å². The molecule has 0 amide bonds. The lowest BCUT2D eigenvalue weighted by Crippen LogP contribution is -2.25. The summed E-state index contributed by atoms with van der Waals surface area (Å²) in [5.41, 5.74) is 5.76. The SMILES string of the molecule is COc1ccc2c(c1)CCCN2c1c2ccccc2nc2ccc(OC)cc12. The maximum Gasteiger partial charge on any atom is 0.119 e. The highest BCUT2D eigenvalue weighted by Gasteiger charge is 2.23. The van der Waals surface area contributed by atoms with E-state index in [4.69, 9.17) is 14.5 Å². The van der Waals surface area contributed by atoms with Crippen molar-refractivity contribution < 1.29 is 9.47 Å². The van der Waals surface area contributed by atoms with Crippen molar-refractivity contribution in [2.75, 3.05) is 25.7 Å². The van der Waals surface area contributed by atoms with Gasteiger partial charge in [-0.05, 0) is 60.9 Å². The predicted molar refractivity (Wildman–Crippen MR) is 114 cm³/mol. The largest absolute Gasteiger partial charge is 0.497 e. The van der Waals surface area contributed by atoms with E-state index in [9.17, 15) is 0 Å². The van der Waals surface area contributed by atoms with Crippen LogP contribution in [0.1, 0.15) is 12.0 Å². The highest BCUT2D eigenvalue weighted by molar-refractivity contribution is 6.09. The average Bonchev–Trinajstić information content (AvgIpc) is 2.76. The summed E-state index contributed by atoms with van der Waals surface area (Å²) < 4.78 is 11.0. The van der Waals surface area contributed by atoms with E-state index in [1.165, 1.54) is 16.9 Å². The molecule has 0 aliphatic carbocycles. The Morgan fingerprint density at radius 2 is 1.57 bits per heavy atom. The third kappa shape index (κ3) is 2.64. The molecule has 1 aromatic heterocycles. The van der Waals surface area contributed by atoms with Crippen molar-refractivity contribution in [2.24, 2.45) is 0 Å². The fraction of sp³-hybridized carbons (Fsp3) is 0.208. The average molecular weight is 370 g/mol. The van der Waals surface area contributed by atoms with Gasteiger partial charge in [-0.15, -0.1) is 0 Å². The molecule has 0 saturated carbocycles.